The van der Waals surface area contributed by atoms with Gasteiger partial charge in [-0.15, -0.1) is 10.2 Å². The maximum atomic E-state index is 6.04. The molecule has 0 aliphatic heterocycles. The largest absolute Gasteiger partial charge is 0.461 e. The molecule has 3 rings (SSSR count). The monoisotopic (exact) mass is 300 g/mol. The topological polar surface area (TPSA) is 69.9 Å². The number of benzene rings is 1. The van der Waals surface area contributed by atoms with E-state index in [1.165, 1.54) is 21.4 Å². The zero-order valence-electron chi connectivity index (χ0n) is 11.9. The van der Waals surface area contributed by atoms with E-state index in [9.17, 15) is 0 Å². The smallest absolute Gasteiger partial charge is 0.218 e. The van der Waals surface area contributed by atoms with Crippen molar-refractivity contribution in [1.82, 2.24) is 14.9 Å². The minimum Gasteiger partial charge on any atom is -0.461 e. The molecule has 0 radical (unpaired) electrons. The molecule has 2 N–H and O–H groups in total. The third-order valence-corrected chi connectivity index (χ3v) is 4.26. The molecule has 5 nitrogen and oxygen atoms in total. The summed E-state index contributed by atoms with van der Waals surface area (Å²) >= 11 is 1.56. The second-order valence-corrected chi connectivity index (χ2v) is 5.81. The van der Waals surface area contributed by atoms with Gasteiger partial charge in [0.05, 0.1) is 6.26 Å². The highest BCUT2D eigenvalue weighted by Crippen LogP contribution is 2.26. The lowest BCUT2D eigenvalue weighted by Gasteiger charge is -2.06. The van der Waals surface area contributed by atoms with Gasteiger partial charge in [-0.1, -0.05) is 35.5 Å². The number of nitrogens with zero attached hydrogens (tertiary/aromatic N) is 3. The molecule has 0 aliphatic carbocycles. The number of hydrogen-bond donors (Lipinski definition) is 1. The van der Waals surface area contributed by atoms with E-state index in [0.29, 0.717) is 16.7 Å². The molecule has 6 heteroatoms. The lowest BCUT2D eigenvalue weighted by molar-refractivity contribution is 0.574. The van der Waals surface area contributed by atoms with Crippen LogP contribution in [0.25, 0.3) is 11.6 Å². The van der Waals surface area contributed by atoms with Crippen molar-refractivity contribution in [1.29, 1.82) is 0 Å². The van der Waals surface area contributed by atoms with E-state index in [-0.39, 0.29) is 0 Å². The molecule has 0 fully saturated rings. The summed E-state index contributed by atoms with van der Waals surface area (Å²) in [5.41, 5.74) is 3.80. The molecule has 0 saturated heterocycles. The van der Waals surface area contributed by atoms with Crippen LogP contribution in [-0.2, 0) is 5.75 Å². The van der Waals surface area contributed by atoms with Crippen molar-refractivity contribution in [2.45, 2.75) is 24.8 Å². The summed E-state index contributed by atoms with van der Waals surface area (Å²) in [6.07, 6.45) is 1.59. The van der Waals surface area contributed by atoms with Crippen molar-refractivity contribution in [3.8, 4) is 11.6 Å². The molecule has 108 valence electrons. The normalized spacial score (nSPS) is 11.0. The fraction of sp³-hybridized carbons (Fsp3) is 0.200. The molecule has 0 amide bonds. The second kappa shape index (κ2) is 5.65. The molecular formula is C15H16N4OS. The van der Waals surface area contributed by atoms with Gasteiger partial charge in [0.2, 0.25) is 11.0 Å². The number of nitrogens with two attached hydrogens (primary N) is 1. The highest BCUT2D eigenvalue weighted by Gasteiger charge is 2.14. The van der Waals surface area contributed by atoms with Crippen molar-refractivity contribution < 1.29 is 4.42 Å². The standard InChI is InChI=1S/C15H16N4OS/c1-10-5-6-11(2)12(8-10)9-21-15-18-17-14(19(15)16)13-4-3-7-20-13/h3-8H,9,16H2,1-2H3. The van der Waals surface area contributed by atoms with Gasteiger partial charge in [0.1, 0.15) is 0 Å². The van der Waals surface area contributed by atoms with Gasteiger partial charge in [-0.25, -0.2) is 4.68 Å². The van der Waals surface area contributed by atoms with E-state index >= 15 is 0 Å². The molecule has 3 aromatic rings. The Morgan fingerprint density at radius 3 is 2.86 bits per heavy atom. The van der Waals surface area contributed by atoms with Crippen molar-refractivity contribution in [3.63, 3.8) is 0 Å². The van der Waals surface area contributed by atoms with Crippen LogP contribution in [0.15, 0.2) is 46.2 Å². The Hall–Kier alpha value is -2.21. The van der Waals surface area contributed by atoms with E-state index in [0.717, 1.165) is 5.75 Å². The summed E-state index contributed by atoms with van der Waals surface area (Å²) in [6.45, 7) is 4.20. The van der Waals surface area contributed by atoms with E-state index < -0.39 is 0 Å². The Morgan fingerprint density at radius 1 is 1.24 bits per heavy atom. The Bertz CT molecular complexity index is 749. The Kier molecular flexibility index (Phi) is 3.70. The molecule has 2 aromatic heterocycles. The first-order chi connectivity index (χ1) is 10.1. The SMILES string of the molecule is Cc1ccc(C)c(CSc2nnc(-c3ccco3)n2N)c1. The summed E-state index contributed by atoms with van der Waals surface area (Å²) in [5, 5.41) is 8.88. The Morgan fingerprint density at radius 2 is 2.10 bits per heavy atom. The lowest BCUT2D eigenvalue weighted by atomic mass is 10.1. The minimum absolute atomic E-state index is 0.531. The Balaban J connectivity index is 1.79. The van der Waals surface area contributed by atoms with E-state index in [1.807, 2.05) is 6.07 Å². The summed E-state index contributed by atoms with van der Waals surface area (Å²) < 4.78 is 6.77. The van der Waals surface area contributed by atoms with Crippen molar-refractivity contribution in [3.05, 3.63) is 53.3 Å². The number of nitrogen functional groups attached to an aromatic ring is 1. The molecule has 0 atom stereocenters. The molecule has 2 heterocycles. The number of thioether (sulfide) groups is 1. The quantitative estimate of drug-likeness (QED) is 0.592. The number of furan rings is 1. The maximum absolute atomic E-state index is 6.04. The van der Waals surface area contributed by atoms with Crippen molar-refractivity contribution >= 4 is 11.8 Å². The first-order valence-corrected chi connectivity index (χ1v) is 7.57. The molecule has 1 aromatic carbocycles. The van der Waals surface area contributed by atoms with E-state index in [4.69, 9.17) is 10.3 Å². The molecule has 0 spiro atoms. The summed E-state index contributed by atoms with van der Waals surface area (Å²) in [5.74, 6) is 7.99. The van der Waals surface area contributed by atoms with Gasteiger partial charge in [0, 0.05) is 5.75 Å². The zero-order valence-corrected chi connectivity index (χ0v) is 12.7. The molecular weight excluding hydrogens is 284 g/mol. The third kappa shape index (κ3) is 2.80. The fourth-order valence-electron chi connectivity index (χ4n) is 2.05. The molecule has 0 unspecified atom stereocenters. The number of aromatic nitrogens is 3. The predicted octanol–water partition coefficient (Wildman–Crippen LogP) is 3.16. The number of aryl methyl sites for hydroxylation is 2. The molecule has 0 saturated carbocycles. The van der Waals surface area contributed by atoms with Crippen LogP contribution in [0.2, 0.25) is 0 Å². The number of rotatable bonds is 4. The number of hydrogen-bond acceptors (Lipinski definition) is 5. The van der Waals surface area contributed by atoms with Gasteiger partial charge in [0.15, 0.2) is 5.76 Å². The third-order valence-electron chi connectivity index (χ3n) is 3.27. The van der Waals surface area contributed by atoms with Crippen LogP contribution in [-0.4, -0.2) is 14.9 Å². The highest BCUT2D eigenvalue weighted by atomic mass is 32.2. The molecule has 0 bridgehead atoms. The second-order valence-electron chi connectivity index (χ2n) is 4.87. The average Bonchev–Trinajstić information content (AvgIpc) is 3.10. The van der Waals surface area contributed by atoms with Gasteiger partial charge in [0.25, 0.3) is 0 Å². The van der Waals surface area contributed by atoms with E-state index in [2.05, 4.69) is 42.2 Å². The lowest BCUT2D eigenvalue weighted by Crippen LogP contribution is -2.11. The fourth-order valence-corrected chi connectivity index (χ4v) is 2.97. The van der Waals surface area contributed by atoms with Crippen LogP contribution in [0, 0.1) is 13.8 Å². The minimum atomic E-state index is 0.531. The van der Waals surface area contributed by atoms with Gasteiger partial charge >= 0.3 is 0 Å². The summed E-state index contributed by atoms with van der Waals surface area (Å²) in [4.78, 5) is 0. The Labute approximate surface area is 127 Å². The highest BCUT2D eigenvalue weighted by molar-refractivity contribution is 7.98. The summed E-state index contributed by atoms with van der Waals surface area (Å²) in [6, 6.07) is 10.0. The van der Waals surface area contributed by atoms with Gasteiger partial charge in [-0.3, -0.25) is 0 Å². The van der Waals surface area contributed by atoms with Crippen LogP contribution < -0.4 is 5.84 Å². The van der Waals surface area contributed by atoms with Crippen LogP contribution in [0.1, 0.15) is 16.7 Å². The predicted molar refractivity (Wildman–Crippen MR) is 83.4 cm³/mol. The average molecular weight is 300 g/mol. The van der Waals surface area contributed by atoms with Crippen molar-refractivity contribution in [2.24, 2.45) is 0 Å². The van der Waals surface area contributed by atoms with Crippen LogP contribution in [0.4, 0.5) is 0 Å². The van der Waals surface area contributed by atoms with E-state index in [1.54, 1.807) is 24.1 Å². The van der Waals surface area contributed by atoms with Crippen molar-refractivity contribution in [2.75, 3.05) is 5.84 Å². The van der Waals surface area contributed by atoms with Crippen LogP contribution in [0.3, 0.4) is 0 Å². The maximum Gasteiger partial charge on any atom is 0.218 e. The molecule has 0 aliphatic rings. The molecule has 21 heavy (non-hydrogen) atoms. The first kappa shape index (κ1) is 13.8. The first-order valence-electron chi connectivity index (χ1n) is 6.58. The zero-order chi connectivity index (χ0) is 14.8. The van der Waals surface area contributed by atoms with Crippen LogP contribution >= 0.6 is 11.8 Å². The van der Waals surface area contributed by atoms with Gasteiger partial charge in [-0.2, -0.15) is 0 Å². The summed E-state index contributed by atoms with van der Waals surface area (Å²) in [7, 11) is 0. The van der Waals surface area contributed by atoms with Gasteiger partial charge in [-0.05, 0) is 37.1 Å². The van der Waals surface area contributed by atoms with Gasteiger partial charge < -0.3 is 10.3 Å². The van der Waals surface area contributed by atoms with Crippen LogP contribution in [0.5, 0.6) is 0 Å².